The van der Waals surface area contributed by atoms with Crippen LogP contribution < -0.4 is 10.1 Å². The van der Waals surface area contributed by atoms with Crippen molar-refractivity contribution in [3.63, 3.8) is 0 Å². The number of carbonyl (C=O) groups excluding carboxylic acids is 1. The highest BCUT2D eigenvalue weighted by atomic mass is 16.5. The third kappa shape index (κ3) is 3.58. The summed E-state index contributed by atoms with van der Waals surface area (Å²) in [6.07, 6.45) is 0. The molecule has 3 aromatic rings. The average molecular weight is 335 g/mol. The Balaban J connectivity index is 2.14. The normalized spacial score (nSPS) is 10.5. The summed E-state index contributed by atoms with van der Waals surface area (Å²) in [5.74, 6) is 0.429. The Hall–Kier alpha value is -3.01. The molecule has 0 aliphatic carbocycles. The van der Waals surface area contributed by atoms with Gasteiger partial charge >= 0.3 is 5.97 Å². The summed E-state index contributed by atoms with van der Waals surface area (Å²) in [6, 6.07) is 20.2. The van der Waals surface area contributed by atoms with Crippen LogP contribution >= 0.6 is 0 Å². The van der Waals surface area contributed by atoms with Crippen molar-refractivity contribution in [1.82, 2.24) is 0 Å². The minimum atomic E-state index is -0.295. The molecule has 0 saturated heterocycles. The smallest absolute Gasteiger partial charge is 0.325 e. The molecule has 4 nitrogen and oxygen atoms in total. The summed E-state index contributed by atoms with van der Waals surface area (Å²) in [5.41, 5.74) is 2.83. The predicted molar refractivity (Wildman–Crippen MR) is 101 cm³/mol. The zero-order valence-corrected chi connectivity index (χ0v) is 14.4. The molecule has 0 saturated carbocycles. The van der Waals surface area contributed by atoms with Gasteiger partial charge in [0.1, 0.15) is 12.3 Å². The Morgan fingerprint density at radius 3 is 2.48 bits per heavy atom. The van der Waals surface area contributed by atoms with Crippen LogP contribution in [-0.2, 0) is 9.53 Å². The van der Waals surface area contributed by atoms with Crippen LogP contribution in [0.2, 0.25) is 0 Å². The maximum atomic E-state index is 11.8. The van der Waals surface area contributed by atoms with Gasteiger partial charge in [-0.15, -0.1) is 0 Å². The zero-order valence-electron chi connectivity index (χ0n) is 14.4. The van der Waals surface area contributed by atoms with E-state index in [2.05, 4.69) is 17.4 Å². The highest BCUT2D eigenvalue weighted by Gasteiger charge is 2.16. The molecule has 1 N–H and O–H groups in total. The van der Waals surface area contributed by atoms with E-state index >= 15 is 0 Å². The number of methoxy groups -OCH3 is 1. The van der Waals surface area contributed by atoms with Gasteiger partial charge in [0.2, 0.25) is 0 Å². The second-order valence-electron chi connectivity index (χ2n) is 5.58. The molecule has 0 fully saturated rings. The molecule has 0 heterocycles. The maximum absolute atomic E-state index is 11.8. The molecule has 0 spiro atoms. The van der Waals surface area contributed by atoms with Crippen molar-refractivity contribution in [2.45, 2.75) is 6.92 Å². The number of esters is 1. The molecule has 128 valence electrons. The molecule has 0 radical (unpaired) electrons. The first-order valence-corrected chi connectivity index (χ1v) is 8.29. The Kier molecular flexibility index (Phi) is 5.19. The second kappa shape index (κ2) is 7.71. The third-order valence-corrected chi connectivity index (χ3v) is 4.01. The van der Waals surface area contributed by atoms with Crippen molar-refractivity contribution in [3.8, 4) is 16.9 Å². The number of ether oxygens (including phenoxy) is 2. The standard InChI is InChI=1S/C21H21NO3/c1-3-25-19(23)14-22-20-18(15-9-5-4-6-10-15)13-16-11-7-8-12-17(16)21(20)24-2/h4-13,22H,3,14H2,1-2H3. The molecule has 0 unspecified atom stereocenters. The van der Waals surface area contributed by atoms with Crippen LogP contribution in [0.4, 0.5) is 5.69 Å². The van der Waals surface area contributed by atoms with Crippen LogP contribution in [0.1, 0.15) is 6.92 Å². The number of anilines is 1. The number of nitrogens with one attached hydrogen (secondary N) is 1. The topological polar surface area (TPSA) is 47.6 Å². The third-order valence-electron chi connectivity index (χ3n) is 4.01. The van der Waals surface area contributed by atoms with Gasteiger partial charge < -0.3 is 14.8 Å². The molecule has 0 atom stereocenters. The van der Waals surface area contributed by atoms with Crippen LogP contribution in [0.3, 0.4) is 0 Å². The number of benzene rings is 3. The van der Waals surface area contributed by atoms with Crippen molar-refractivity contribution in [2.24, 2.45) is 0 Å². The minimum Gasteiger partial charge on any atom is -0.494 e. The van der Waals surface area contributed by atoms with Gasteiger partial charge in [-0.2, -0.15) is 0 Å². The zero-order chi connectivity index (χ0) is 17.6. The lowest BCUT2D eigenvalue weighted by Crippen LogP contribution is -2.17. The Morgan fingerprint density at radius 2 is 1.76 bits per heavy atom. The van der Waals surface area contributed by atoms with Crippen molar-refractivity contribution in [2.75, 3.05) is 25.6 Å². The molecule has 25 heavy (non-hydrogen) atoms. The summed E-state index contributed by atoms with van der Waals surface area (Å²) in [6.45, 7) is 2.24. The lowest BCUT2D eigenvalue weighted by Gasteiger charge is -2.18. The van der Waals surface area contributed by atoms with Crippen LogP contribution in [0.5, 0.6) is 5.75 Å². The lowest BCUT2D eigenvalue weighted by molar-refractivity contribution is -0.140. The summed E-state index contributed by atoms with van der Waals surface area (Å²) in [7, 11) is 1.64. The first kappa shape index (κ1) is 16.8. The van der Waals surface area contributed by atoms with E-state index < -0.39 is 0 Å². The maximum Gasteiger partial charge on any atom is 0.325 e. The van der Waals surface area contributed by atoms with Crippen molar-refractivity contribution >= 4 is 22.4 Å². The molecule has 3 aromatic carbocycles. The Bertz CT molecular complexity index is 875. The summed E-state index contributed by atoms with van der Waals surface area (Å²) in [5, 5.41) is 5.29. The minimum absolute atomic E-state index is 0.0857. The summed E-state index contributed by atoms with van der Waals surface area (Å²) >= 11 is 0. The van der Waals surface area contributed by atoms with E-state index in [0.717, 1.165) is 33.3 Å². The van der Waals surface area contributed by atoms with Gasteiger partial charge in [0, 0.05) is 10.9 Å². The lowest BCUT2D eigenvalue weighted by atomic mass is 9.98. The fourth-order valence-electron chi connectivity index (χ4n) is 2.92. The fourth-order valence-corrected chi connectivity index (χ4v) is 2.92. The van der Waals surface area contributed by atoms with Crippen LogP contribution in [-0.4, -0.2) is 26.2 Å². The van der Waals surface area contributed by atoms with E-state index in [1.807, 2.05) is 48.5 Å². The summed E-state index contributed by atoms with van der Waals surface area (Å²) < 4.78 is 10.7. The quantitative estimate of drug-likeness (QED) is 0.674. The van der Waals surface area contributed by atoms with E-state index in [4.69, 9.17) is 9.47 Å². The van der Waals surface area contributed by atoms with Gasteiger partial charge in [0.15, 0.2) is 0 Å². The number of rotatable bonds is 6. The monoisotopic (exact) mass is 335 g/mol. The van der Waals surface area contributed by atoms with Gasteiger partial charge in [0.25, 0.3) is 0 Å². The Labute approximate surface area is 147 Å². The predicted octanol–water partition coefficient (Wildman–Crippen LogP) is 4.49. The summed E-state index contributed by atoms with van der Waals surface area (Å²) in [4.78, 5) is 11.8. The SMILES string of the molecule is CCOC(=O)CNc1c(-c2ccccc2)cc2ccccc2c1OC. The molecule has 0 bridgehead atoms. The number of carbonyl (C=O) groups is 1. The Morgan fingerprint density at radius 1 is 1.04 bits per heavy atom. The van der Waals surface area contributed by atoms with Crippen LogP contribution in [0.25, 0.3) is 21.9 Å². The van der Waals surface area contributed by atoms with Gasteiger partial charge in [-0.05, 0) is 23.9 Å². The molecular formula is C21H21NO3. The van der Waals surface area contributed by atoms with Crippen molar-refractivity contribution in [3.05, 3.63) is 60.7 Å². The van der Waals surface area contributed by atoms with Crippen molar-refractivity contribution < 1.29 is 14.3 Å². The molecular weight excluding hydrogens is 314 g/mol. The van der Waals surface area contributed by atoms with Gasteiger partial charge in [-0.1, -0.05) is 54.6 Å². The van der Waals surface area contributed by atoms with E-state index in [0.29, 0.717) is 6.61 Å². The number of fused-ring (bicyclic) bond motifs is 1. The van der Waals surface area contributed by atoms with Gasteiger partial charge in [0.05, 0.1) is 19.4 Å². The number of hydrogen-bond acceptors (Lipinski definition) is 4. The molecule has 0 amide bonds. The molecule has 0 aromatic heterocycles. The fraction of sp³-hybridized carbons (Fsp3) is 0.190. The van der Waals surface area contributed by atoms with Crippen LogP contribution in [0, 0.1) is 0 Å². The van der Waals surface area contributed by atoms with Crippen LogP contribution in [0.15, 0.2) is 60.7 Å². The molecule has 3 rings (SSSR count). The van der Waals surface area contributed by atoms with E-state index in [1.54, 1.807) is 14.0 Å². The van der Waals surface area contributed by atoms with Gasteiger partial charge in [-0.3, -0.25) is 4.79 Å². The molecule has 0 aliphatic rings. The van der Waals surface area contributed by atoms with Gasteiger partial charge in [-0.25, -0.2) is 0 Å². The number of hydrogen-bond donors (Lipinski definition) is 1. The molecule has 4 heteroatoms. The highest BCUT2D eigenvalue weighted by molar-refractivity contribution is 6.01. The average Bonchev–Trinajstić information content (AvgIpc) is 2.66. The van der Waals surface area contributed by atoms with E-state index in [-0.39, 0.29) is 12.5 Å². The van der Waals surface area contributed by atoms with Crippen molar-refractivity contribution in [1.29, 1.82) is 0 Å². The first-order valence-electron chi connectivity index (χ1n) is 8.29. The largest absolute Gasteiger partial charge is 0.494 e. The highest BCUT2D eigenvalue weighted by Crippen LogP contribution is 2.41. The molecule has 0 aliphatic heterocycles. The van der Waals surface area contributed by atoms with E-state index in [1.165, 1.54) is 0 Å². The second-order valence-corrected chi connectivity index (χ2v) is 5.58. The van der Waals surface area contributed by atoms with E-state index in [9.17, 15) is 4.79 Å². The first-order chi connectivity index (χ1) is 12.2.